The van der Waals surface area contributed by atoms with Gasteiger partial charge in [0.05, 0.1) is 11.8 Å². The average Bonchev–Trinajstić information content (AvgIpc) is 3.10. The van der Waals surface area contributed by atoms with Crippen molar-refractivity contribution < 1.29 is 26.8 Å². The van der Waals surface area contributed by atoms with E-state index in [-0.39, 0.29) is 22.6 Å². The number of hydrazone groups is 1. The van der Waals surface area contributed by atoms with Crippen molar-refractivity contribution in [2.45, 2.75) is 6.18 Å². The maximum absolute atomic E-state index is 13.1. The monoisotopic (exact) mass is 376 g/mol. The number of benzene rings is 2. The number of carbonyl (C=O) groups is 1. The van der Waals surface area contributed by atoms with Gasteiger partial charge in [-0.1, -0.05) is 18.2 Å². The van der Waals surface area contributed by atoms with Gasteiger partial charge in [0.15, 0.2) is 0 Å². The van der Waals surface area contributed by atoms with Crippen LogP contribution in [0.15, 0.2) is 70.2 Å². The van der Waals surface area contributed by atoms with E-state index in [0.717, 1.165) is 18.2 Å². The number of hydrogen-bond donors (Lipinski definition) is 1. The Hall–Kier alpha value is -3.42. The largest absolute Gasteiger partial charge is 0.455 e. The number of halogens is 4. The SMILES string of the molecule is O=C(N/N=C/c1ccc(-c2cccc(C(F)(F)F)c2)o1)c1cccc(F)c1. The third kappa shape index (κ3) is 4.60. The van der Waals surface area contributed by atoms with Crippen LogP contribution in [0.2, 0.25) is 0 Å². The summed E-state index contributed by atoms with van der Waals surface area (Å²) in [5, 5.41) is 3.69. The fraction of sp³-hybridized carbons (Fsp3) is 0.0526. The van der Waals surface area contributed by atoms with E-state index in [4.69, 9.17) is 4.42 Å². The Morgan fingerprint density at radius 3 is 2.56 bits per heavy atom. The Morgan fingerprint density at radius 2 is 1.81 bits per heavy atom. The highest BCUT2D eigenvalue weighted by Crippen LogP contribution is 2.32. The lowest BCUT2D eigenvalue weighted by atomic mass is 10.1. The number of hydrogen-bond acceptors (Lipinski definition) is 3. The van der Waals surface area contributed by atoms with Crippen molar-refractivity contribution >= 4 is 12.1 Å². The first kappa shape index (κ1) is 18.4. The van der Waals surface area contributed by atoms with Crippen molar-refractivity contribution in [3.8, 4) is 11.3 Å². The van der Waals surface area contributed by atoms with Crippen molar-refractivity contribution in [1.29, 1.82) is 0 Å². The molecular formula is C19H12F4N2O2. The molecule has 4 nitrogen and oxygen atoms in total. The van der Waals surface area contributed by atoms with E-state index in [1.54, 1.807) is 0 Å². The summed E-state index contributed by atoms with van der Waals surface area (Å²) in [4.78, 5) is 11.8. The molecule has 0 spiro atoms. The second-order valence-electron chi connectivity index (χ2n) is 5.49. The molecule has 0 unspecified atom stereocenters. The van der Waals surface area contributed by atoms with Crippen LogP contribution in [0.1, 0.15) is 21.7 Å². The molecule has 0 aliphatic carbocycles. The molecule has 1 amide bonds. The first-order valence-electron chi connectivity index (χ1n) is 7.69. The number of nitrogens with zero attached hydrogens (tertiary/aromatic N) is 1. The highest BCUT2D eigenvalue weighted by atomic mass is 19.4. The molecule has 1 heterocycles. The second-order valence-corrected chi connectivity index (χ2v) is 5.49. The fourth-order valence-corrected chi connectivity index (χ4v) is 2.27. The van der Waals surface area contributed by atoms with Crippen LogP contribution in [-0.2, 0) is 6.18 Å². The molecule has 0 aliphatic rings. The fourth-order valence-electron chi connectivity index (χ4n) is 2.27. The van der Waals surface area contributed by atoms with Crippen molar-refractivity contribution in [2.75, 3.05) is 0 Å². The maximum Gasteiger partial charge on any atom is 0.416 e. The average molecular weight is 376 g/mol. The Bertz CT molecular complexity index is 993. The topological polar surface area (TPSA) is 54.6 Å². The van der Waals surface area contributed by atoms with Crippen LogP contribution < -0.4 is 5.43 Å². The molecule has 3 rings (SSSR count). The third-order valence-corrected chi connectivity index (χ3v) is 3.55. The minimum absolute atomic E-state index is 0.0937. The van der Waals surface area contributed by atoms with Gasteiger partial charge in [-0.25, -0.2) is 9.82 Å². The predicted octanol–water partition coefficient (Wildman–Crippen LogP) is 4.87. The lowest BCUT2D eigenvalue weighted by Gasteiger charge is -2.07. The van der Waals surface area contributed by atoms with Gasteiger partial charge in [0.2, 0.25) is 0 Å². The predicted molar refractivity (Wildman–Crippen MR) is 90.6 cm³/mol. The smallest absolute Gasteiger partial charge is 0.416 e. The molecule has 8 heteroatoms. The van der Waals surface area contributed by atoms with Gasteiger partial charge in [-0.05, 0) is 42.5 Å². The van der Waals surface area contributed by atoms with Crippen LogP contribution in [0, 0.1) is 5.82 Å². The summed E-state index contributed by atoms with van der Waals surface area (Å²) in [5.74, 6) is -0.722. The van der Waals surface area contributed by atoms with Crippen molar-refractivity contribution in [2.24, 2.45) is 5.10 Å². The van der Waals surface area contributed by atoms with E-state index in [1.807, 2.05) is 0 Å². The molecule has 0 radical (unpaired) electrons. The summed E-state index contributed by atoms with van der Waals surface area (Å²) in [7, 11) is 0. The molecule has 0 atom stereocenters. The first-order valence-corrected chi connectivity index (χ1v) is 7.69. The Labute approximate surface area is 151 Å². The van der Waals surface area contributed by atoms with E-state index < -0.39 is 23.5 Å². The lowest BCUT2D eigenvalue weighted by molar-refractivity contribution is -0.137. The van der Waals surface area contributed by atoms with Gasteiger partial charge < -0.3 is 4.42 Å². The van der Waals surface area contributed by atoms with Gasteiger partial charge in [-0.3, -0.25) is 4.79 Å². The van der Waals surface area contributed by atoms with Crippen LogP contribution in [0.4, 0.5) is 17.6 Å². The first-order chi connectivity index (χ1) is 12.8. The number of furan rings is 1. The van der Waals surface area contributed by atoms with Crippen LogP contribution >= 0.6 is 0 Å². The van der Waals surface area contributed by atoms with Gasteiger partial charge >= 0.3 is 6.18 Å². The Balaban J connectivity index is 1.69. The number of amides is 1. The van der Waals surface area contributed by atoms with Gasteiger partial charge in [0, 0.05) is 11.1 Å². The van der Waals surface area contributed by atoms with Crippen LogP contribution in [-0.4, -0.2) is 12.1 Å². The van der Waals surface area contributed by atoms with Gasteiger partial charge in [-0.2, -0.15) is 18.3 Å². The summed E-state index contributed by atoms with van der Waals surface area (Å²) in [5.41, 5.74) is 1.78. The third-order valence-electron chi connectivity index (χ3n) is 3.55. The van der Waals surface area contributed by atoms with Gasteiger partial charge in [-0.15, -0.1) is 0 Å². The molecule has 0 bridgehead atoms. The minimum Gasteiger partial charge on any atom is -0.455 e. The summed E-state index contributed by atoms with van der Waals surface area (Å²) in [6, 6.07) is 12.8. The second kappa shape index (κ2) is 7.45. The number of rotatable bonds is 4. The lowest BCUT2D eigenvalue weighted by Crippen LogP contribution is -2.17. The molecule has 1 N–H and O–H groups in total. The van der Waals surface area contributed by atoms with Crippen LogP contribution in [0.3, 0.4) is 0 Å². The van der Waals surface area contributed by atoms with Crippen molar-refractivity contribution in [3.63, 3.8) is 0 Å². The highest BCUT2D eigenvalue weighted by molar-refractivity contribution is 5.94. The molecule has 138 valence electrons. The molecule has 0 saturated carbocycles. The van der Waals surface area contributed by atoms with E-state index in [1.165, 1.54) is 48.7 Å². The molecule has 0 saturated heterocycles. The van der Waals surface area contributed by atoms with Crippen LogP contribution in [0.5, 0.6) is 0 Å². The molecule has 1 aromatic heterocycles. The number of alkyl halides is 3. The zero-order valence-electron chi connectivity index (χ0n) is 13.6. The number of carbonyl (C=O) groups excluding carboxylic acids is 1. The van der Waals surface area contributed by atoms with Gasteiger partial charge in [0.25, 0.3) is 5.91 Å². The molecule has 0 fully saturated rings. The quantitative estimate of drug-likeness (QED) is 0.401. The van der Waals surface area contributed by atoms with E-state index in [2.05, 4.69) is 10.5 Å². The molecule has 27 heavy (non-hydrogen) atoms. The van der Waals surface area contributed by atoms with E-state index >= 15 is 0 Å². The van der Waals surface area contributed by atoms with Crippen LogP contribution in [0.25, 0.3) is 11.3 Å². The summed E-state index contributed by atoms with van der Waals surface area (Å²) in [6.45, 7) is 0. The van der Waals surface area contributed by atoms with E-state index in [0.29, 0.717) is 0 Å². The Kier molecular flexibility index (Phi) is 5.07. The Morgan fingerprint density at radius 1 is 1.04 bits per heavy atom. The zero-order chi connectivity index (χ0) is 19.4. The van der Waals surface area contributed by atoms with Crippen molar-refractivity contribution in [3.05, 3.63) is 83.4 Å². The standard InChI is InChI=1S/C19H12F4N2O2/c20-15-6-2-4-13(10-15)18(26)25-24-11-16-7-8-17(27-16)12-3-1-5-14(9-12)19(21,22)23/h1-11H,(H,25,26)/b24-11+. The summed E-state index contributed by atoms with van der Waals surface area (Å²) < 4.78 is 56.8. The normalized spacial score (nSPS) is 11.7. The molecule has 3 aromatic rings. The summed E-state index contributed by atoms with van der Waals surface area (Å²) in [6.07, 6.45) is -3.26. The zero-order valence-corrected chi connectivity index (χ0v) is 13.6. The summed E-state index contributed by atoms with van der Waals surface area (Å²) >= 11 is 0. The number of nitrogens with one attached hydrogen (secondary N) is 1. The minimum atomic E-state index is -4.45. The van der Waals surface area contributed by atoms with Crippen molar-refractivity contribution in [1.82, 2.24) is 5.43 Å². The molecule has 0 aliphatic heterocycles. The van der Waals surface area contributed by atoms with E-state index in [9.17, 15) is 22.4 Å². The molecule has 2 aromatic carbocycles. The van der Waals surface area contributed by atoms with Gasteiger partial charge in [0.1, 0.15) is 17.3 Å². The highest BCUT2D eigenvalue weighted by Gasteiger charge is 2.30. The maximum atomic E-state index is 13.1. The molecular weight excluding hydrogens is 364 g/mol.